The van der Waals surface area contributed by atoms with Crippen molar-refractivity contribution in [3.05, 3.63) is 126 Å². The quantitative estimate of drug-likeness (QED) is 0.308. The van der Waals surface area contributed by atoms with Crippen molar-refractivity contribution in [1.82, 2.24) is 0 Å². The van der Waals surface area contributed by atoms with Gasteiger partial charge in [-0.2, -0.15) is 5.26 Å². The minimum Gasteiger partial charge on any atom is -0.322 e. The van der Waals surface area contributed by atoms with E-state index in [2.05, 4.69) is 48.8 Å². The van der Waals surface area contributed by atoms with Gasteiger partial charge in [-0.1, -0.05) is 55.6 Å². The fraction of sp³-hybridized carbons (Fsp3) is 0.133. The molecular weight excluding hydrogens is 435 g/mol. The maximum absolute atomic E-state index is 14.0. The number of nitriles is 1. The predicted octanol–water partition coefficient (Wildman–Crippen LogP) is 6.43. The van der Waals surface area contributed by atoms with Crippen LogP contribution in [0.15, 0.2) is 109 Å². The molecule has 1 N–H and O–H groups in total. The highest BCUT2D eigenvalue weighted by Crippen LogP contribution is 2.67. The number of amides is 1. The summed E-state index contributed by atoms with van der Waals surface area (Å²) in [5, 5.41) is 15.7. The van der Waals surface area contributed by atoms with Crippen molar-refractivity contribution < 1.29 is 4.79 Å². The van der Waals surface area contributed by atoms with Crippen LogP contribution in [0.1, 0.15) is 23.6 Å². The lowest BCUT2D eigenvalue weighted by molar-refractivity contribution is -0.115. The second-order valence-corrected chi connectivity index (χ2v) is 12.0. The van der Waals surface area contributed by atoms with Gasteiger partial charge in [0.15, 0.2) is 5.66 Å². The Balaban J connectivity index is 2.23. The lowest BCUT2D eigenvalue weighted by Crippen LogP contribution is -2.38. The summed E-state index contributed by atoms with van der Waals surface area (Å²) < 4.78 is 0. The first kappa shape index (κ1) is 24.9. The Kier molecular flexibility index (Phi) is 8.00. The number of anilines is 1. The molecule has 0 aliphatic heterocycles. The zero-order chi connectivity index (χ0) is 24.7. The van der Waals surface area contributed by atoms with Crippen molar-refractivity contribution >= 4 is 29.5 Å². The van der Waals surface area contributed by atoms with E-state index in [-0.39, 0.29) is 5.91 Å². The Morgan fingerprint density at radius 3 is 1.88 bits per heavy atom. The average molecular weight is 466 g/mol. The Morgan fingerprint density at radius 1 is 0.971 bits per heavy atom. The van der Waals surface area contributed by atoms with Crippen molar-refractivity contribution in [1.29, 1.82) is 5.26 Å². The molecule has 3 rings (SSSR count). The van der Waals surface area contributed by atoms with Gasteiger partial charge in [-0.3, -0.25) is 4.79 Å². The third-order valence-electron chi connectivity index (χ3n) is 6.10. The molecule has 0 radical (unpaired) electrons. The fourth-order valence-corrected chi connectivity index (χ4v) is 9.09. The van der Waals surface area contributed by atoms with E-state index >= 15 is 0 Å². The van der Waals surface area contributed by atoms with E-state index in [1.807, 2.05) is 69.3 Å². The van der Waals surface area contributed by atoms with Crippen LogP contribution in [0.5, 0.6) is 0 Å². The number of benzene rings is 3. The molecule has 0 aromatic heterocycles. The third-order valence-corrected chi connectivity index (χ3v) is 10.9. The summed E-state index contributed by atoms with van der Waals surface area (Å²) >= 11 is 0. The highest BCUT2D eigenvalue weighted by molar-refractivity contribution is 7.94. The average Bonchev–Trinajstić information content (AvgIpc) is 2.86. The van der Waals surface area contributed by atoms with Gasteiger partial charge in [-0.25, -0.2) is 0 Å². The minimum absolute atomic E-state index is 0.0752. The zero-order valence-electron chi connectivity index (χ0n) is 20.0. The van der Waals surface area contributed by atoms with E-state index in [9.17, 15) is 10.1 Å². The topological polar surface area (TPSA) is 52.9 Å². The molecule has 3 nitrogen and oxygen atoms in total. The summed E-state index contributed by atoms with van der Waals surface area (Å²) in [6.07, 6.45) is 5.59. The number of carbonyl (C=O) groups excluding carboxylic acids is 1. The van der Waals surface area contributed by atoms with Gasteiger partial charge in [0.1, 0.15) is 23.2 Å². The number of nitrogens with zero attached hydrogens (tertiary/aromatic N) is 1. The maximum Gasteiger partial charge on any atom is 0.266 e. The van der Waals surface area contributed by atoms with E-state index < -0.39 is 12.9 Å². The molecule has 1 atom stereocenters. The summed E-state index contributed by atoms with van der Waals surface area (Å²) in [5.74, 6) is -0.0752. The van der Waals surface area contributed by atoms with Crippen LogP contribution < -0.4 is 15.9 Å². The van der Waals surface area contributed by atoms with Crippen LogP contribution in [0.3, 0.4) is 0 Å². The summed E-state index contributed by atoms with van der Waals surface area (Å²) in [6, 6.07) is 26.2. The summed E-state index contributed by atoms with van der Waals surface area (Å²) in [4.78, 5) is 14.0. The normalized spacial score (nSPS) is 12.4. The van der Waals surface area contributed by atoms with Crippen molar-refractivity contribution in [2.45, 2.75) is 26.4 Å². The van der Waals surface area contributed by atoms with Gasteiger partial charge in [-0.05, 0) is 80.4 Å². The molecule has 1 amide bonds. The van der Waals surface area contributed by atoms with Gasteiger partial charge >= 0.3 is 0 Å². The number of nitrogens with one attached hydrogen (secondary N) is 1. The van der Waals surface area contributed by atoms with Crippen molar-refractivity contribution in [2.24, 2.45) is 0 Å². The number of aryl methyl sites for hydroxylation is 2. The van der Waals surface area contributed by atoms with Gasteiger partial charge in [0.25, 0.3) is 5.91 Å². The Hall–Kier alpha value is -3.73. The molecule has 4 heteroatoms. The summed E-state index contributed by atoms with van der Waals surface area (Å²) in [6.45, 7) is 13.9. The first-order valence-electron chi connectivity index (χ1n) is 11.2. The van der Waals surface area contributed by atoms with Crippen LogP contribution in [0.2, 0.25) is 0 Å². The molecule has 170 valence electrons. The standard InChI is InChI=1S/C30H29N2OP/c1-6-14-26(7-2)34(27-15-10-8-11-16-27,28-17-12-9-13-18-28)24(5)30(33)32-29-22(3)19-25(21-31)20-23(29)4/h6-20,24H,1-2H2,3-5H3/p+1/b26-14+. The lowest BCUT2D eigenvalue weighted by atomic mass is 10.0. The molecule has 0 bridgehead atoms. The monoisotopic (exact) mass is 465 g/mol. The Morgan fingerprint density at radius 2 is 1.47 bits per heavy atom. The molecule has 0 saturated carbocycles. The molecule has 0 saturated heterocycles. The fourth-order valence-electron chi connectivity index (χ4n) is 4.52. The summed E-state index contributed by atoms with van der Waals surface area (Å²) in [5.41, 5.74) is 2.68. The van der Waals surface area contributed by atoms with Gasteiger partial charge in [-0.15, -0.1) is 0 Å². The number of carbonyl (C=O) groups is 1. The molecule has 0 aliphatic carbocycles. The second kappa shape index (κ2) is 10.9. The van der Waals surface area contributed by atoms with Crippen LogP contribution in [0.4, 0.5) is 5.69 Å². The van der Waals surface area contributed by atoms with E-state index in [4.69, 9.17) is 0 Å². The lowest BCUT2D eigenvalue weighted by Gasteiger charge is -2.33. The molecule has 0 spiro atoms. The molecule has 0 heterocycles. The first-order valence-corrected chi connectivity index (χ1v) is 13.0. The van der Waals surface area contributed by atoms with Gasteiger partial charge in [0, 0.05) is 5.69 Å². The SMILES string of the molecule is C=C/C=C(\C=C)[P+](c1ccccc1)(c1ccccc1)C(C)C(=O)Nc1c(C)cc(C#N)cc1C. The predicted molar refractivity (Wildman–Crippen MR) is 146 cm³/mol. The Bertz CT molecular complexity index is 1210. The van der Waals surface area contributed by atoms with E-state index in [0.717, 1.165) is 32.7 Å². The molecule has 0 fully saturated rings. The van der Waals surface area contributed by atoms with Gasteiger partial charge in [0.05, 0.1) is 11.6 Å². The van der Waals surface area contributed by atoms with Crippen molar-refractivity contribution in [3.63, 3.8) is 0 Å². The van der Waals surface area contributed by atoms with Gasteiger partial charge < -0.3 is 5.32 Å². The van der Waals surface area contributed by atoms with Crippen LogP contribution in [0, 0.1) is 25.2 Å². The minimum atomic E-state index is -2.45. The first-order chi connectivity index (χ1) is 16.4. The molecule has 3 aromatic carbocycles. The molecule has 1 unspecified atom stereocenters. The molecule has 34 heavy (non-hydrogen) atoms. The second-order valence-electron chi connectivity index (χ2n) is 8.19. The third kappa shape index (κ3) is 4.65. The highest BCUT2D eigenvalue weighted by atomic mass is 31.2. The van der Waals surface area contributed by atoms with Crippen LogP contribution in [-0.4, -0.2) is 11.6 Å². The maximum atomic E-state index is 14.0. The largest absolute Gasteiger partial charge is 0.322 e. The molecular formula is C30H30N2OP+. The number of hydrogen-bond donors (Lipinski definition) is 1. The number of hydrogen-bond acceptors (Lipinski definition) is 2. The Labute approximate surface area is 203 Å². The van der Waals surface area contributed by atoms with E-state index in [1.54, 1.807) is 18.2 Å². The van der Waals surface area contributed by atoms with Crippen LogP contribution in [-0.2, 0) is 4.79 Å². The molecule has 0 aliphatic rings. The van der Waals surface area contributed by atoms with Crippen LogP contribution >= 0.6 is 7.26 Å². The van der Waals surface area contributed by atoms with E-state index in [0.29, 0.717) is 5.56 Å². The van der Waals surface area contributed by atoms with Gasteiger partial charge in [0.2, 0.25) is 0 Å². The van der Waals surface area contributed by atoms with Crippen molar-refractivity contribution in [3.8, 4) is 6.07 Å². The summed E-state index contributed by atoms with van der Waals surface area (Å²) in [7, 11) is -2.45. The number of allylic oxidation sites excluding steroid dienone is 4. The van der Waals surface area contributed by atoms with E-state index in [1.165, 1.54) is 0 Å². The highest BCUT2D eigenvalue weighted by Gasteiger charge is 2.54. The number of rotatable bonds is 8. The smallest absolute Gasteiger partial charge is 0.266 e. The molecule has 3 aromatic rings. The zero-order valence-corrected chi connectivity index (χ0v) is 20.8. The van der Waals surface area contributed by atoms with Crippen LogP contribution in [0.25, 0.3) is 0 Å². The van der Waals surface area contributed by atoms with Crippen molar-refractivity contribution in [2.75, 3.05) is 5.32 Å².